The number of fused-ring (bicyclic) bond motifs is 1. The second kappa shape index (κ2) is 8.07. The van der Waals surface area contributed by atoms with E-state index in [1.807, 2.05) is 18.2 Å². The van der Waals surface area contributed by atoms with Crippen molar-refractivity contribution >= 4 is 28.4 Å². The van der Waals surface area contributed by atoms with Gasteiger partial charge in [0.25, 0.3) is 5.91 Å². The van der Waals surface area contributed by atoms with Crippen LogP contribution in [0.25, 0.3) is 16.8 Å². The summed E-state index contributed by atoms with van der Waals surface area (Å²) in [6, 6.07) is 17.2. The Morgan fingerprint density at radius 2 is 1.76 bits per heavy atom. The average Bonchev–Trinajstić information content (AvgIpc) is 2.71. The third kappa shape index (κ3) is 4.22. The highest BCUT2D eigenvalue weighted by molar-refractivity contribution is 6.11. The number of methoxy groups -OCH3 is 1. The van der Waals surface area contributed by atoms with Crippen molar-refractivity contribution in [1.82, 2.24) is 0 Å². The van der Waals surface area contributed by atoms with E-state index in [4.69, 9.17) is 4.74 Å². The number of nitriles is 1. The monoisotopic (exact) mass is 396 g/mol. The second-order valence-electron chi connectivity index (χ2n) is 6.07. The Hall–Kier alpha value is -3.79. The van der Waals surface area contributed by atoms with Crippen molar-refractivity contribution in [2.45, 2.75) is 6.18 Å². The Bertz CT molecular complexity index is 1140. The van der Waals surface area contributed by atoms with E-state index in [1.165, 1.54) is 25.3 Å². The number of nitrogens with zero attached hydrogens (tertiary/aromatic N) is 1. The average molecular weight is 396 g/mol. The van der Waals surface area contributed by atoms with Crippen molar-refractivity contribution in [2.75, 3.05) is 12.4 Å². The Morgan fingerprint density at radius 1 is 1.07 bits per heavy atom. The van der Waals surface area contributed by atoms with E-state index in [-0.39, 0.29) is 5.57 Å². The summed E-state index contributed by atoms with van der Waals surface area (Å²) < 4.78 is 44.8. The summed E-state index contributed by atoms with van der Waals surface area (Å²) in [5, 5.41) is 13.2. The Balaban J connectivity index is 2.04. The molecule has 0 aliphatic carbocycles. The van der Waals surface area contributed by atoms with Gasteiger partial charge in [0.2, 0.25) is 0 Å². The van der Waals surface area contributed by atoms with Gasteiger partial charge in [-0.1, -0.05) is 42.5 Å². The van der Waals surface area contributed by atoms with Gasteiger partial charge in [-0.25, -0.2) is 0 Å². The number of carbonyl (C=O) groups excluding carboxylic acids is 1. The van der Waals surface area contributed by atoms with E-state index >= 15 is 0 Å². The molecule has 0 saturated carbocycles. The summed E-state index contributed by atoms with van der Waals surface area (Å²) in [7, 11) is 1.45. The smallest absolute Gasteiger partial charge is 0.418 e. The molecule has 1 N–H and O–H groups in total. The number of hydrogen-bond donors (Lipinski definition) is 1. The zero-order valence-electron chi connectivity index (χ0n) is 15.2. The standard InChI is InChI=1S/C22H15F3N2O2/c1-29-20-11-10-14-6-2-3-7-16(14)17(20)12-15(13-26)21(28)27-19-9-5-4-8-18(19)22(23,24)25/h2-12H,1H3,(H,27,28)/b15-12-. The van der Waals surface area contributed by atoms with Gasteiger partial charge >= 0.3 is 6.18 Å². The quantitative estimate of drug-likeness (QED) is 0.474. The summed E-state index contributed by atoms with van der Waals surface area (Å²) in [6.07, 6.45) is -3.33. The van der Waals surface area contributed by atoms with Crippen LogP contribution in [-0.4, -0.2) is 13.0 Å². The fourth-order valence-electron chi connectivity index (χ4n) is 2.92. The van der Waals surface area contributed by atoms with Crippen LogP contribution in [0.4, 0.5) is 18.9 Å². The van der Waals surface area contributed by atoms with Crippen LogP contribution in [0.1, 0.15) is 11.1 Å². The molecule has 0 unspecified atom stereocenters. The number of ether oxygens (including phenoxy) is 1. The van der Waals surface area contributed by atoms with E-state index in [0.29, 0.717) is 11.3 Å². The maximum atomic E-state index is 13.2. The fourth-order valence-corrected chi connectivity index (χ4v) is 2.92. The number of halogens is 3. The first-order valence-electron chi connectivity index (χ1n) is 8.50. The van der Waals surface area contributed by atoms with Gasteiger partial charge in [-0.15, -0.1) is 0 Å². The minimum atomic E-state index is -4.64. The molecule has 0 radical (unpaired) electrons. The lowest BCUT2D eigenvalue weighted by Crippen LogP contribution is -2.17. The third-order valence-corrected chi connectivity index (χ3v) is 4.29. The van der Waals surface area contributed by atoms with Gasteiger partial charge in [0, 0.05) is 5.56 Å². The summed E-state index contributed by atoms with van der Waals surface area (Å²) in [4.78, 5) is 12.6. The maximum Gasteiger partial charge on any atom is 0.418 e. The molecule has 0 heterocycles. The molecule has 0 spiro atoms. The third-order valence-electron chi connectivity index (χ3n) is 4.29. The zero-order chi connectivity index (χ0) is 21.0. The van der Waals surface area contributed by atoms with Crippen molar-refractivity contribution in [3.63, 3.8) is 0 Å². The number of nitrogens with one attached hydrogen (secondary N) is 1. The van der Waals surface area contributed by atoms with Gasteiger partial charge in [0.15, 0.2) is 0 Å². The van der Waals surface area contributed by atoms with E-state index < -0.39 is 23.3 Å². The molecule has 0 atom stereocenters. The summed E-state index contributed by atoms with van der Waals surface area (Å²) in [6.45, 7) is 0. The van der Waals surface area contributed by atoms with Gasteiger partial charge in [0.05, 0.1) is 18.4 Å². The number of anilines is 1. The van der Waals surface area contributed by atoms with Crippen LogP contribution in [0.15, 0.2) is 66.2 Å². The highest BCUT2D eigenvalue weighted by atomic mass is 19.4. The zero-order valence-corrected chi connectivity index (χ0v) is 15.2. The minimum Gasteiger partial charge on any atom is -0.496 e. The molecular weight excluding hydrogens is 381 g/mol. The molecule has 3 rings (SSSR count). The molecule has 0 aromatic heterocycles. The normalized spacial score (nSPS) is 11.8. The predicted octanol–water partition coefficient (Wildman–Crippen LogP) is 5.41. The largest absolute Gasteiger partial charge is 0.496 e. The molecule has 3 aromatic rings. The molecule has 0 bridgehead atoms. The number of carbonyl (C=O) groups is 1. The van der Waals surface area contributed by atoms with Crippen molar-refractivity contribution < 1.29 is 22.7 Å². The maximum absolute atomic E-state index is 13.2. The van der Waals surface area contributed by atoms with Gasteiger partial charge in [-0.3, -0.25) is 4.79 Å². The van der Waals surface area contributed by atoms with Crippen molar-refractivity contribution in [2.24, 2.45) is 0 Å². The lowest BCUT2D eigenvalue weighted by atomic mass is 10.0. The molecule has 7 heteroatoms. The molecule has 4 nitrogen and oxygen atoms in total. The van der Waals surface area contributed by atoms with Crippen molar-refractivity contribution in [1.29, 1.82) is 5.26 Å². The molecule has 29 heavy (non-hydrogen) atoms. The van der Waals surface area contributed by atoms with Crippen LogP contribution in [0.5, 0.6) is 5.75 Å². The highest BCUT2D eigenvalue weighted by Gasteiger charge is 2.33. The molecule has 146 valence electrons. The molecule has 0 fully saturated rings. The number of benzene rings is 3. The first-order chi connectivity index (χ1) is 13.8. The van der Waals surface area contributed by atoms with Gasteiger partial charge < -0.3 is 10.1 Å². The van der Waals surface area contributed by atoms with Gasteiger partial charge in [0.1, 0.15) is 17.4 Å². The lowest BCUT2D eigenvalue weighted by molar-refractivity contribution is -0.137. The Labute approximate surface area is 164 Å². The van der Waals surface area contributed by atoms with Gasteiger partial charge in [-0.05, 0) is 35.0 Å². The van der Waals surface area contributed by atoms with Crippen LogP contribution >= 0.6 is 0 Å². The summed E-state index contributed by atoms with van der Waals surface area (Å²) in [5.74, 6) is -0.515. The Kier molecular flexibility index (Phi) is 5.55. The molecule has 0 aliphatic heterocycles. The van der Waals surface area contributed by atoms with E-state index in [2.05, 4.69) is 5.32 Å². The van der Waals surface area contributed by atoms with E-state index in [0.717, 1.165) is 22.9 Å². The van der Waals surface area contributed by atoms with Crippen LogP contribution < -0.4 is 10.1 Å². The molecule has 1 amide bonds. The van der Waals surface area contributed by atoms with Crippen LogP contribution in [0.3, 0.4) is 0 Å². The lowest BCUT2D eigenvalue weighted by Gasteiger charge is -2.13. The summed E-state index contributed by atoms with van der Waals surface area (Å²) >= 11 is 0. The van der Waals surface area contributed by atoms with E-state index in [9.17, 15) is 23.2 Å². The molecular formula is C22H15F3N2O2. The number of alkyl halides is 3. The SMILES string of the molecule is COc1ccc2ccccc2c1/C=C(/C#N)C(=O)Nc1ccccc1C(F)(F)F. The van der Waals surface area contributed by atoms with Gasteiger partial charge in [-0.2, -0.15) is 18.4 Å². The topological polar surface area (TPSA) is 62.1 Å². The number of amides is 1. The van der Waals surface area contributed by atoms with Crippen molar-refractivity contribution in [3.05, 3.63) is 77.4 Å². The van der Waals surface area contributed by atoms with Crippen molar-refractivity contribution in [3.8, 4) is 11.8 Å². The number of hydrogen-bond acceptors (Lipinski definition) is 3. The molecule has 0 aliphatic rings. The first kappa shape index (κ1) is 20.0. The number of para-hydroxylation sites is 1. The Morgan fingerprint density at radius 3 is 2.45 bits per heavy atom. The minimum absolute atomic E-state index is 0.350. The molecule has 3 aromatic carbocycles. The fraction of sp³-hybridized carbons (Fsp3) is 0.0909. The highest BCUT2D eigenvalue weighted by Crippen LogP contribution is 2.35. The second-order valence-corrected chi connectivity index (χ2v) is 6.07. The van der Waals surface area contributed by atoms with Crippen LogP contribution in [0.2, 0.25) is 0 Å². The summed E-state index contributed by atoms with van der Waals surface area (Å²) in [5.41, 5.74) is -1.28. The molecule has 0 saturated heterocycles. The number of rotatable bonds is 4. The first-order valence-corrected chi connectivity index (χ1v) is 8.50. The predicted molar refractivity (Wildman–Crippen MR) is 104 cm³/mol. The van der Waals surface area contributed by atoms with Crippen LogP contribution in [0, 0.1) is 11.3 Å². The van der Waals surface area contributed by atoms with E-state index in [1.54, 1.807) is 24.3 Å². The van der Waals surface area contributed by atoms with Crippen LogP contribution in [-0.2, 0) is 11.0 Å².